The second kappa shape index (κ2) is 12.6. The average molecular weight is 611 g/mol. The summed E-state index contributed by atoms with van der Waals surface area (Å²) in [7, 11) is 0. The number of benzene rings is 2. The number of anilines is 1. The van der Waals surface area contributed by atoms with Crippen LogP contribution in [0.3, 0.4) is 0 Å². The van der Waals surface area contributed by atoms with Crippen molar-refractivity contribution in [3.63, 3.8) is 0 Å². The molecule has 11 nitrogen and oxygen atoms in total. The Morgan fingerprint density at radius 2 is 1.91 bits per heavy atom. The number of hydrogen-bond acceptors (Lipinski definition) is 9. The Morgan fingerprint density at radius 1 is 1.13 bits per heavy atom. The number of halogens is 1. The first kappa shape index (κ1) is 30.2. The fourth-order valence-corrected chi connectivity index (χ4v) is 6.05. The standard InChI is InChI=1S/C33H35FN8O3/c1-33(2,41-13-15-44-16-14-41)18-22(19-35)32(43)40-12-6-7-23(20-40)42-31-28(30(36)37-21-38-31)29(39-42)26-11-10-25(17-27(26)34)45-24-8-4-3-5-9-24/h3-5,8-11,17-18,21,23H,6-7,12-16,20H2,1-2H3,(H2,36,37,38)/t23-/m1/s1. The van der Waals surface area contributed by atoms with E-state index in [2.05, 4.69) is 20.9 Å². The van der Waals surface area contributed by atoms with E-state index in [1.807, 2.05) is 32.0 Å². The molecule has 45 heavy (non-hydrogen) atoms. The van der Waals surface area contributed by atoms with Gasteiger partial charge in [0.15, 0.2) is 5.65 Å². The van der Waals surface area contributed by atoms with Crippen molar-refractivity contribution >= 4 is 22.8 Å². The van der Waals surface area contributed by atoms with Gasteiger partial charge in [0, 0.05) is 43.3 Å². The van der Waals surface area contributed by atoms with Gasteiger partial charge in [-0.25, -0.2) is 19.0 Å². The summed E-state index contributed by atoms with van der Waals surface area (Å²) in [5, 5.41) is 15.2. The normalized spacial score (nSPS) is 18.1. The monoisotopic (exact) mass is 610 g/mol. The van der Waals surface area contributed by atoms with Gasteiger partial charge in [-0.3, -0.25) is 9.69 Å². The first-order chi connectivity index (χ1) is 21.7. The van der Waals surface area contributed by atoms with Gasteiger partial charge >= 0.3 is 0 Å². The molecule has 2 aromatic carbocycles. The summed E-state index contributed by atoms with van der Waals surface area (Å²) in [5.74, 6) is 0.247. The zero-order chi connectivity index (χ0) is 31.6. The predicted molar refractivity (Wildman–Crippen MR) is 167 cm³/mol. The summed E-state index contributed by atoms with van der Waals surface area (Å²) in [5.41, 5.74) is 6.89. The van der Waals surface area contributed by atoms with E-state index in [-0.39, 0.29) is 28.9 Å². The molecule has 12 heteroatoms. The van der Waals surface area contributed by atoms with Gasteiger partial charge in [-0.2, -0.15) is 10.4 Å². The topological polar surface area (TPSA) is 135 Å². The SMILES string of the molecule is CC(C)(C=C(C#N)C(=O)N1CCC[C@@H](n2nc(-c3ccc(Oc4ccccc4)cc3F)c3c(N)ncnc32)C1)N1CCOCC1. The van der Waals surface area contributed by atoms with Crippen LogP contribution in [0.4, 0.5) is 10.2 Å². The van der Waals surface area contributed by atoms with E-state index < -0.39 is 11.4 Å². The maximum Gasteiger partial charge on any atom is 0.264 e. The smallest absolute Gasteiger partial charge is 0.264 e. The van der Waals surface area contributed by atoms with Gasteiger partial charge in [0.2, 0.25) is 0 Å². The van der Waals surface area contributed by atoms with Crippen LogP contribution < -0.4 is 10.5 Å². The van der Waals surface area contributed by atoms with Gasteiger partial charge < -0.3 is 20.1 Å². The minimum absolute atomic E-state index is 0.101. The van der Waals surface area contributed by atoms with E-state index in [1.165, 1.54) is 12.4 Å². The van der Waals surface area contributed by atoms with Crippen LogP contribution >= 0.6 is 0 Å². The van der Waals surface area contributed by atoms with E-state index >= 15 is 4.39 Å². The first-order valence-corrected chi connectivity index (χ1v) is 15.0. The third-order valence-corrected chi connectivity index (χ3v) is 8.40. The number of piperidine rings is 1. The van der Waals surface area contributed by atoms with E-state index in [9.17, 15) is 10.1 Å². The number of morpholine rings is 1. The zero-order valence-electron chi connectivity index (χ0n) is 25.3. The van der Waals surface area contributed by atoms with Crippen molar-refractivity contribution in [2.75, 3.05) is 45.1 Å². The Bertz CT molecular complexity index is 1780. The summed E-state index contributed by atoms with van der Waals surface area (Å²) >= 11 is 0. The Morgan fingerprint density at radius 3 is 2.64 bits per heavy atom. The molecule has 1 atom stereocenters. The number of nitrogens with two attached hydrogens (primary N) is 1. The number of nitrogen functional groups attached to an aromatic ring is 1. The van der Waals surface area contributed by atoms with Gasteiger partial charge in [0.1, 0.15) is 46.8 Å². The number of ether oxygens (including phenoxy) is 2. The third kappa shape index (κ3) is 6.22. The third-order valence-electron chi connectivity index (χ3n) is 8.40. The van der Waals surface area contributed by atoms with Crippen LogP contribution in [0.5, 0.6) is 11.5 Å². The molecule has 6 rings (SSSR count). The van der Waals surface area contributed by atoms with Gasteiger partial charge in [-0.05, 0) is 57.0 Å². The Hall–Kier alpha value is -4.86. The van der Waals surface area contributed by atoms with Crippen LogP contribution in [-0.4, -0.2) is 80.4 Å². The van der Waals surface area contributed by atoms with E-state index in [4.69, 9.17) is 20.3 Å². The Labute approximate surface area is 260 Å². The molecule has 232 valence electrons. The molecule has 0 saturated carbocycles. The predicted octanol–water partition coefficient (Wildman–Crippen LogP) is 4.73. The molecule has 2 aromatic heterocycles. The molecule has 2 saturated heterocycles. The molecule has 0 aliphatic carbocycles. The Kier molecular flexibility index (Phi) is 8.47. The van der Waals surface area contributed by atoms with E-state index in [0.717, 1.165) is 13.1 Å². The molecule has 2 aliphatic rings. The molecule has 4 aromatic rings. The number of para-hydroxylation sites is 1. The van der Waals surface area contributed by atoms with Crippen molar-refractivity contribution in [1.82, 2.24) is 29.5 Å². The number of amides is 1. The number of carbonyl (C=O) groups is 1. The van der Waals surface area contributed by atoms with Gasteiger partial charge in [0.25, 0.3) is 5.91 Å². The fourth-order valence-electron chi connectivity index (χ4n) is 6.05. The molecule has 0 bridgehead atoms. The number of likely N-dealkylation sites (tertiary alicyclic amines) is 1. The van der Waals surface area contributed by atoms with Crippen molar-refractivity contribution in [3.05, 3.63) is 72.3 Å². The highest BCUT2D eigenvalue weighted by Crippen LogP contribution is 2.36. The summed E-state index contributed by atoms with van der Waals surface area (Å²) in [6.45, 7) is 7.51. The summed E-state index contributed by atoms with van der Waals surface area (Å²) in [6.07, 6.45) is 4.51. The fraction of sp³-hybridized carbons (Fsp3) is 0.364. The molecule has 0 radical (unpaired) electrons. The van der Waals surface area contributed by atoms with Gasteiger partial charge in [-0.1, -0.05) is 18.2 Å². The number of nitriles is 1. The molecule has 1 amide bonds. The van der Waals surface area contributed by atoms with E-state index in [0.29, 0.717) is 67.4 Å². The highest BCUT2D eigenvalue weighted by Gasteiger charge is 2.33. The quantitative estimate of drug-likeness (QED) is 0.233. The molecule has 4 heterocycles. The average Bonchev–Trinajstić information content (AvgIpc) is 3.45. The number of nitrogens with zero attached hydrogens (tertiary/aromatic N) is 7. The summed E-state index contributed by atoms with van der Waals surface area (Å²) in [6, 6.07) is 15.6. The van der Waals surface area contributed by atoms with Crippen LogP contribution in [0.15, 0.2) is 66.5 Å². The largest absolute Gasteiger partial charge is 0.457 e. The van der Waals surface area contributed by atoms with Crippen molar-refractivity contribution in [2.45, 2.75) is 38.3 Å². The molecular weight excluding hydrogens is 575 g/mol. The van der Waals surface area contributed by atoms with Crippen LogP contribution in [0.25, 0.3) is 22.3 Å². The van der Waals surface area contributed by atoms with Crippen LogP contribution in [-0.2, 0) is 9.53 Å². The van der Waals surface area contributed by atoms with Crippen molar-refractivity contribution in [1.29, 1.82) is 5.26 Å². The van der Waals surface area contributed by atoms with Crippen LogP contribution in [0.2, 0.25) is 0 Å². The minimum Gasteiger partial charge on any atom is -0.457 e. The molecule has 0 unspecified atom stereocenters. The lowest BCUT2D eigenvalue weighted by Crippen LogP contribution is -2.49. The second-order valence-electron chi connectivity index (χ2n) is 11.8. The summed E-state index contributed by atoms with van der Waals surface area (Å²) < 4.78 is 28.6. The highest BCUT2D eigenvalue weighted by atomic mass is 19.1. The van der Waals surface area contributed by atoms with Crippen LogP contribution in [0.1, 0.15) is 32.7 Å². The number of rotatable bonds is 7. The molecule has 2 N–H and O–H groups in total. The number of aromatic nitrogens is 4. The lowest BCUT2D eigenvalue weighted by Gasteiger charge is -2.39. The second-order valence-corrected chi connectivity index (χ2v) is 11.8. The number of carbonyl (C=O) groups excluding carboxylic acids is 1. The minimum atomic E-state index is -0.537. The van der Waals surface area contributed by atoms with Gasteiger partial charge in [0.05, 0.1) is 24.6 Å². The van der Waals surface area contributed by atoms with E-state index in [1.54, 1.807) is 39.9 Å². The Balaban J connectivity index is 1.28. The maximum absolute atomic E-state index is 15.6. The number of fused-ring (bicyclic) bond motifs is 1. The summed E-state index contributed by atoms with van der Waals surface area (Å²) in [4.78, 5) is 26.2. The first-order valence-electron chi connectivity index (χ1n) is 15.0. The van der Waals surface area contributed by atoms with Crippen molar-refractivity contribution < 1.29 is 18.7 Å². The van der Waals surface area contributed by atoms with Crippen molar-refractivity contribution in [3.8, 4) is 28.8 Å². The zero-order valence-corrected chi connectivity index (χ0v) is 25.3. The highest BCUT2D eigenvalue weighted by molar-refractivity contribution is 5.99. The van der Waals surface area contributed by atoms with Crippen molar-refractivity contribution in [2.24, 2.45) is 0 Å². The molecule has 0 spiro atoms. The van der Waals surface area contributed by atoms with Crippen LogP contribution in [0, 0.1) is 17.1 Å². The lowest BCUT2D eigenvalue weighted by molar-refractivity contribution is -0.128. The lowest BCUT2D eigenvalue weighted by atomic mass is 9.97. The van der Waals surface area contributed by atoms with Gasteiger partial charge in [-0.15, -0.1) is 0 Å². The molecule has 2 aliphatic heterocycles. The molecular formula is C33H35FN8O3. The molecule has 2 fully saturated rings. The maximum atomic E-state index is 15.6. The number of hydrogen-bond donors (Lipinski definition) is 1.